The first-order valence-corrected chi connectivity index (χ1v) is 10.7. The Balaban J connectivity index is 1.63. The molecule has 1 heterocycles. The first-order chi connectivity index (χ1) is 13.9. The third kappa shape index (κ3) is 5.06. The van der Waals surface area contributed by atoms with E-state index in [0.717, 1.165) is 21.3 Å². The minimum Gasteiger partial charge on any atom is -0.465 e. The van der Waals surface area contributed by atoms with Crippen LogP contribution in [-0.4, -0.2) is 43.0 Å². The van der Waals surface area contributed by atoms with Gasteiger partial charge in [-0.3, -0.25) is 14.5 Å². The molecule has 0 atom stereocenters. The van der Waals surface area contributed by atoms with Crippen molar-refractivity contribution in [3.63, 3.8) is 0 Å². The molecule has 3 rings (SSSR count). The molecule has 1 aliphatic rings. The fourth-order valence-electron chi connectivity index (χ4n) is 3.80. The second-order valence-corrected chi connectivity index (χ2v) is 8.31. The molecule has 2 aromatic rings. The van der Waals surface area contributed by atoms with E-state index in [1.54, 1.807) is 0 Å². The van der Waals surface area contributed by atoms with Gasteiger partial charge in [-0.2, -0.15) is 0 Å². The van der Waals surface area contributed by atoms with Gasteiger partial charge in [0.2, 0.25) is 5.91 Å². The van der Waals surface area contributed by atoms with Gasteiger partial charge in [-0.15, -0.1) is 0 Å². The van der Waals surface area contributed by atoms with E-state index < -0.39 is 5.41 Å². The monoisotopic (exact) mass is 458 g/mol. The van der Waals surface area contributed by atoms with E-state index >= 15 is 0 Å². The van der Waals surface area contributed by atoms with Crippen molar-refractivity contribution in [1.29, 1.82) is 0 Å². The Morgan fingerprint density at radius 2 is 1.83 bits per heavy atom. The van der Waals surface area contributed by atoms with E-state index in [-0.39, 0.29) is 11.9 Å². The van der Waals surface area contributed by atoms with Crippen molar-refractivity contribution in [1.82, 2.24) is 4.90 Å². The van der Waals surface area contributed by atoms with Gasteiger partial charge in [0.1, 0.15) is 0 Å². The van der Waals surface area contributed by atoms with Crippen LogP contribution in [0.2, 0.25) is 0 Å². The zero-order valence-electron chi connectivity index (χ0n) is 16.9. The average molecular weight is 459 g/mol. The van der Waals surface area contributed by atoms with E-state index in [0.29, 0.717) is 39.1 Å². The first kappa shape index (κ1) is 21.5. The Kier molecular flexibility index (Phi) is 7.09. The molecule has 0 spiro atoms. The van der Waals surface area contributed by atoms with E-state index in [1.807, 2.05) is 62.4 Å². The number of carbonyl (C=O) groups excluding carboxylic acids is 2. The molecule has 1 N–H and O–H groups in total. The van der Waals surface area contributed by atoms with Gasteiger partial charge in [0.25, 0.3) is 0 Å². The number of carbonyl (C=O) groups is 2. The van der Waals surface area contributed by atoms with Crippen LogP contribution >= 0.6 is 15.9 Å². The summed E-state index contributed by atoms with van der Waals surface area (Å²) >= 11 is 3.49. The van der Waals surface area contributed by atoms with Gasteiger partial charge in [0.15, 0.2) is 0 Å². The predicted octanol–water partition coefficient (Wildman–Crippen LogP) is 4.29. The number of ether oxygens (including phenoxy) is 1. The van der Waals surface area contributed by atoms with Gasteiger partial charge in [-0.05, 0) is 49.9 Å². The third-order valence-electron chi connectivity index (χ3n) is 5.52. The van der Waals surface area contributed by atoms with Gasteiger partial charge < -0.3 is 10.1 Å². The molecule has 0 saturated carbocycles. The van der Waals surface area contributed by atoms with Crippen molar-refractivity contribution in [2.75, 3.05) is 31.6 Å². The SMILES string of the molecule is CCOC(=O)C1(c2ccccc2)CCN(CC(=O)Nc2ccc(C)c(Br)c2)CC1. The first-order valence-electron chi connectivity index (χ1n) is 9.96. The zero-order valence-corrected chi connectivity index (χ0v) is 18.5. The summed E-state index contributed by atoms with van der Waals surface area (Å²) in [6.45, 7) is 5.84. The number of likely N-dealkylation sites (tertiary alicyclic amines) is 1. The van der Waals surface area contributed by atoms with Crippen LogP contribution in [0.15, 0.2) is 53.0 Å². The summed E-state index contributed by atoms with van der Waals surface area (Å²) < 4.78 is 6.38. The van der Waals surface area contributed by atoms with Gasteiger partial charge >= 0.3 is 5.97 Å². The Morgan fingerprint density at radius 1 is 1.14 bits per heavy atom. The minimum atomic E-state index is -0.633. The van der Waals surface area contributed by atoms with Gasteiger partial charge in [-0.1, -0.05) is 52.3 Å². The summed E-state index contributed by atoms with van der Waals surface area (Å²) in [5, 5.41) is 2.95. The lowest BCUT2D eigenvalue weighted by Crippen LogP contribution is -2.49. The van der Waals surface area contributed by atoms with Gasteiger partial charge in [0, 0.05) is 23.2 Å². The zero-order chi connectivity index (χ0) is 20.9. The van der Waals surface area contributed by atoms with Gasteiger partial charge in [-0.25, -0.2) is 0 Å². The molecule has 0 bridgehead atoms. The van der Waals surface area contributed by atoms with E-state index in [1.165, 1.54) is 0 Å². The van der Waals surface area contributed by atoms with Crippen molar-refractivity contribution >= 4 is 33.5 Å². The smallest absolute Gasteiger partial charge is 0.316 e. The number of hydrogen-bond acceptors (Lipinski definition) is 4. The van der Waals surface area contributed by atoms with Crippen molar-refractivity contribution < 1.29 is 14.3 Å². The van der Waals surface area contributed by atoms with Crippen LogP contribution in [0.25, 0.3) is 0 Å². The lowest BCUT2D eigenvalue weighted by atomic mass is 9.72. The molecule has 0 aliphatic carbocycles. The standard InChI is InChI=1S/C23H27BrN2O3/c1-3-29-22(28)23(18-7-5-4-6-8-18)11-13-26(14-12-23)16-21(27)25-19-10-9-17(2)20(24)15-19/h4-10,15H,3,11-14,16H2,1-2H3,(H,25,27). The fraction of sp³-hybridized carbons (Fsp3) is 0.391. The highest BCUT2D eigenvalue weighted by Gasteiger charge is 2.44. The molecule has 5 nitrogen and oxygen atoms in total. The lowest BCUT2D eigenvalue weighted by molar-refractivity contribution is -0.152. The number of hydrogen-bond donors (Lipinski definition) is 1. The number of amides is 1. The van der Waals surface area contributed by atoms with Gasteiger partial charge in [0.05, 0.1) is 18.6 Å². The number of esters is 1. The number of nitrogens with one attached hydrogen (secondary N) is 1. The summed E-state index contributed by atoms with van der Waals surface area (Å²) in [5.74, 6) is -0.219. The number of piperidine rings is 1. The third-order valence-corrected chi connectivity index (χ3v) is 6.38. The maximum Gasteiger partial charge on any atom is 0.316 e. The van der Waals surface area contributed by atoms with Crippen LogP contribution in [0.1, 0.15) is 30.9 Å². The minimum absolute atomic E-state index is 0.0518. The maximum atomic E-state index is 12.8. The molecule has 1 fully saturated rings. The highest BCUT2D eigenvalue weighted by atomic mass is 79.9. The summed E-state index contributed by atoms with van der Waals surface area (Å²) in [7, 11) is 0. The number of rotatable bonds is 6. The largest absolute Gasteiger partial charge is 0.465 e. The summed E-state index contributed by atoms with van der Waals surface area (Å²) in [6.07, 6.45) is 1.28. The Bertz CT molecular complexity index is 862. The molecule has 1 amide bonds. The molecule has 6 heteroatoms. The molecular formula is C23H27BrN2O3. The number of aryl methyl sites for hydroxylation is 1. The second-order valence-electron chi connectivity index (χ2n) is 7.46. The fourth-order valence-corrected chi connectivity index (χ4v) is 4.18. The highest BCUT2D eigenvalue weighted by Crippen LogP contribution is 2.37. The number of halogens is 1. The summed E-state index contributed by atoms with van der Waals surface area (Å²) in [4.78, 5) is 27.4. The topological polar surface area (TPSA) is 58.6 Å². The molecule has 1 saturated heterocycles. The summed E-state index contributed by atoms with van der Waals surface area (Å²) in [6, 6.07) is 15.6. The van der Waals surface area contributed by atoms with Crippen LogP contribution in [0, 0.1) is 6.92 Å². The van der Waals surface area contributed by atoms with Crippen LogP contribution in [0.5, 0.6) is 0 Å². The molecule has 0 unspecified atom stereocenters. The number of benzene rings is 2. The maximum absolute atomic E-state index is 12.8. The van der Waals surface area contributed by atoms with Crippen molar-refractivity contribution in [3.8, 4) is 0 Å². The lowest BCUT2D eigenvalue weighted by Gasteiger charge is -2.40. The number of anilines is 1. The highest BCUT2D eigenvalue weighted by molar-refractivity contribution is 9.10. The van der Waals surface area contributed by atoms with Crippen molar-refractivity contribution in [2.45, 2.75) is 32.1 Å². The average Bonchev–Trinajstić information content (AvgIpc) is 2.72. The van der Waals surface area contributed by atoms with Crippen LogP contribution in [0.3, 0.4) is 0 Å². The summed E-state index contributed by atoms with van der Waals surface area (Å²) in [5.41, 5.74) is 2.25. The molecule has 29 heavy (non-hydrogen) atoms. The number of nitrogens with zero attached hydrogens (tertiary/aromatic N) is 1. The van der Waals surface area contributed by atoms with Crippen molar-refractivity contribution in [3.05, 3.63) is 64.1 Å². The molecular weight excluding hydrogens is 432 g/mol. The Hall–Kier alpha value is -2.18. The van der Waals surface area contributed by atoms with Crippen LogP contribution in [0.4, 0.5) is 5.69 Å². The van der Waals surface area contributed by atoms with Crippen molar-refractivity contribution in [2.24, 2.45) is 0 Å². The molecule has 154 valence electrons. The predicted molar refractivity (Wildman–Crippen MR) is 118 cm³/mol. The Labute approximate surface area is 180 Å². The quantitative estimate of drug-likeness (QED) is 0.655. The molecule has 0 aromatic heterocycles. The van der Waals surface area contributed by atoms with E-state index in [9.17, 15) is 9.59 Å². The molecule has 1 aliphatic heterocycles. The molecule has 0 radical (unpaired) electrons. The van der Waals surface area contributed by atoms with E-state index in [4.69, 9.17) is 4.74 Å². The van der Waals surface area contributed by atoms with Crippen LogP contribution < -0.4 is 5.32 Å². The van der Waals surface area contributed by atoms with E-state index in [2.05, 4.69) is 26.1 Å². The second kappa shape index (κ2) is 9.55. The normalized spacial score (nSPS) is 16.2. The Morgan fingerprint density at radius 3 is 2.45 bits per heavy atom. The molecule has 2 aromatic carbocycles. The van der Waals surface area contributed by atoms with Crippen LogP contribution in [-0.2, 0) is 19.7 Å².